The lowest BCUT2D eigenvalue weighted by Gasteiger charge is -2.10. The van der Waals surface area contributed by atoms with Crippen LogP contribution in [0.3, 0.4) is 0 Å². The minimum absolute atomic E-state index is 0. The number of nitrogens with one attached hydrogen (secondary N) is 3. The Hall–Kier alpha value is -0.850. The van der Waals surface area contributed by atoms with Gasteiger partial charge in [-0.1, -0.05) is 0 Å². The number of halogens is 1. The molecule has 6 nitrogen and oxygen atoms in total. The van der Waals surface area contributed by atoms with Crippen LogP contribution in [-0.4, -0.2) is 51.2 Å². The summed E-state index contributed by atoms with van der Waals surface area (Å²) in [6.45, 7) is 2.29. The smallest absolute Gasteiger partial charge is 0.237 e. The Kier molecular flexibility index (Phi) is 9.63. The lowest BCUT2D eigenvalue weighted by molar-refractivity contribution is -0.123. The van der Waals surface area contributed by atoms with Crippen molar-refractivity contribution in [1.82, 2.24) is 16.0 Å². The summed E-state index contributed by atoms with van der Waals surface area (Å²) >= 11 is 0. The van der Waals surface area contributed by atoms with Crippen molar-refractivity contribution in [3.8, 4) is 0 Å². The van der Waals surface area contributed by atoms with E-state index in [1.165, 1.54) is 0 Å². The second-order valence-electron chi connectivity index (χ2n) is 4.03. The summed E-state index contributed by atoms with van der Waals surface area (Å²) in [4.78, 5) is 22.8. The lowest BCUT2D eigenvalue weighted by Crippen LogP contribution is -2.41. The zero-order valence-corrected chi connectivity index (χ0v) is 11.5. The summed E-state index contributed by atoms with van der Waals surface area (Å²) < 4.78 is 4.81. The van der Waals surface area contributed by atoms with Gasteiger partial charge in [0.2, 0.25) is 11.8 Å². The molecule has 1 atom stereocenters. The number of rotatable bonds is 7. The molecule has 2 amide bonds. The molecule has 1 heterocycles. The van der Waals surface area contributed by atoms with E-state index in [1.807, 2.05) is 0 Å². The zero-order chi connectivity index (χ0) is 12.5. The number of hydrogen-bond donors (Lipinski definition) is 3. The van der Waals surface area contributed by atoms with Gasteiger partial charge in [0.15, 0.2) is 0 Å². The van der Waals surface area contributed by atoms with Crippen LogP contribution >= 0.6 is 12.4 Å². The van der Waals surface area contributed by atoms with Gasteiger partial charge in [-0.05, 0) is 19.4 Å². The van der Waals surface area contributed by atoms with Crippen molar-refractivity contribution in [1.29, 1.82) is 0 Å². The van der Waals surface area contributed by atoms with Crippen molar-refractivity contribution >= 4 is 24.2 Å². The predicted molar refractivity (Wildman–Crippen MR) is 70.8 cm³/mol. The predicted octanol–water partition coefficient (Wildman–Crippen LogP) is -0.571. The maximum atomic E-state index is 11.6. The molecule has 0 aromatic rings. The summed E-state index contributed by atoms with van der Waals surface area (Å²) in [6, 6.07) is -0.0773. The van der Waals surface area contributed by atoms with Crippen LogP contribution in [0.5, 0.6) is 0 Å². The molecule has 0 aromatic carbocycles. The third-order valence-electron chi connectivity index (χ3n) is 2.66. The maximum Gasteiger partial charge on any atom is 0.237 e. The highest BCUT2D eigenvalue weighted by atomic mass is 35.5. The number of amides is 2. The molecule has 106 valence electrons. The van der Waals surface area contributed by atoms with Crippen LogP contribution in [0.2, 0.25) is 0 Å². The zero-order valence-electron chi connectivity index (χ0n) is 10.7. The van der Waals surface area contributed by atoms with Crippen molar-refractivity contribution in [3.63, 3.8) is 0 Å². The Morgan fingerprint density at radius 2 is 2.11 bits per heavy atom. The Morgan fingerprint density at radius 3 is 2.72 bits per heavy atom. The maximum absolute atomic E-state index is 11.6. The van der Waals surface area contributed by atoms with Gasteiger partial charge in [0.1, 0.15) is 0 Å². The Bertz CT molecular complexity index is 258. The van der Waals surface area contributed by atoms with Gasteiger partial charge in [0.25, 0.3) is 0 Å². The number of hydrogen-bond acceptors (Lipinski definition) is 4. The van der Waals surface area contributed by atoms with Crippen molar-refractivity contribution in [3.05, 3.63) is 0 Å². The molecule has 3 N–H and O–H groups in total. The molecule has 0 bridgehead atoms. The number of carbonyl (C=O) groups is 2. The first-order chi connectivity index (χ1) is 8.24. The molecule has 1 saturated heterocycles. The van der Waals surface area contributed by atoms with E-state index in [2.05, 4.69) is 16.0 Å². The van der Waals surface area contributed by atoms with Crippen LogP contribution in [0.1, 0.15) is 19.3 Å². The average molecular weight is 280 g/mol. The summed E-state index contributed by atoms with van der Waals surface area (Å²) in [5.74, 6) is -0.0751. The minimum Gasteiger partial charge on any atom is -0.383 e. The fourth-order valence-electron chi connectivity index (χ4n) is 1.71. The van der Waals surface area contributed by atoms with Gasteiger partial charge < -0.3 is 20.7 Å². The SMILES string of the molecule is COCCNC(=O)CCNC(=O)C1CCCN1.Cl. The number of ether oxygens (including phenoxy) is 1. The van der Waals surface area contributed by atoms with Crippen LogP contribution in [0.25, 0.3) is 0 Å². The standard InChI is InChI=1S/C11H21N3O3.ClH/c1-17-8-7-13-10(15)4-6-14-11(16)9-3-2-5-12-9;/h9,12H,2-8H2,1H3,(H,13,15)(H,14,16);1H. The highest BCUT2D eigenvalue weighted by molar-refractivity contribution is 5.85. The molecule has 7 heteroatoms. The molecule has 1 unspecified atom stereocenters. The van der Waals surface area contributed by atoms with Crippen LogP contribution in [0, 0.1) is 0 Å². The molecule has 18 heavy (non-hydrogen) atoms. The first-order valence-electron chi connectivity index (χ1n) is 6.00. The van der Waals surface area contributed by atoms with E-state index >= 15 is 0 Å². The highest BCUT2D eigenvalue weighted by Crippen LogP contribution is 2.04. The quantitative estimate of drug-likeness (QED) is 0.545. The third-order valence-corrected chi connectivity index (χ3v) is 2.66. The van der Waals surface area contributed by atoms with Crippen molar-refractivity contribution in [2.24, 2.45) is 0 Å². The van der Waals surface area contributed by atoms with Gasteiger partial charge in [-0.25, -0.2) is 0 Å². The molecule has 0 aliphatic carbocycles. The van der Waals surface area contributed by atoms with Crippen molar-refractivity contribution in [2.75, 3.05) is 33.4 Å². The molecule has 1 rings (SSSR count). The molecule has 0 aromatic heterocycles. The summed E-state index contributed by atoms with van der Waals surface area (Å²) in [6.07, 6.45) is 2.23. The fourth-order valence-corrected chi connectivity index (χ4v) is 1.71. The second kappa shape index (κ2) is 10.1. The third kappa shape index (κ3) is 6.78. The Morgan fingerprint density at radius 1 is 1.33 bits per heavy atom. The molecule has 0 saturated carbocycles. The van der Waals surface area contributed by atoms with E-state index in [9.17, 15) is 9.59 Å². The van der Waals surface area contributed by atoms with Crippen molar-refractivity contribution in [2.45, 2.75) is 25.3 Å². The Labute approximate surface area is 114 Å². The summed E-state index contributed by atoms with van der Waals surface area (Å²) in [5, 5.41) is 8.56. The van der Waals surface area contributed by atoms with E-state index in [-0.39, 0.29) is 30.3 Å². The van der Waals surface area contributed by atoms with Crippen LogP contribution in [-0.2, 0) is 14.3 Å². The molecule has 1 aliphatic heterocycles. The van der Waals surface area contributed by atoms with Gasteiger partial charge in [-0.3, -0.25) is 9.59 Å². The van der Waals surface area contributed by atoms with E-state index in [4.69, 9.17) is 4.74 Å². The van der Waals surface area contributed by atoms with Gasteiger partial charge in [0.05, 0.1) is 12.6 Å². The van der Waals surface area contributed by atoms with E-state index in [0.29, 0.717) is 26.1 Å². The van der Waals surface area contributed by atoms with Gasteiger partial charge >= 0.3 is 0 Å². The molecular formula is C11H22ClN3O3. The van der Waals surface area contributed by atoms with Gasteiger partial charge in [-0.2, -0.15) is 0 Å². The molecule has 0 radical (unpaired) electrons. The number of methoxy groups -OCH3 is 1. The second-order valence-corrected chi connectivity index (χ2v) is 4.03. The highest BCUT2D eigenvalue weighted by Gasteiger charge is 2.21. The molecule has 1 aliphatic rings. The van der Waals surface area contributed by atoms with Gasteiger partial charge in [0, 0.05) is 26.6 Å². The molecular weight excluding hydrogens is 258 g/mol. The van der Waals surface area contributed by atoms with Crippen LogP contribution in [0.15, 0.2) is 0 Å². The minimum atomic E-state index is -0.0773. The summed E-state index contributed by atoms with van der Waals surface area (Å²) in [7, 11) is 1.58. The van der Waals surface area contributed by atoms with E-state index in [0.717, 1.165) is 19.4 Å². The fraction of sp³-hybridized carbons (Fsp3) is 0.818. The normalized spacial score (nSPS) is 17.9. The average Bonchev–Trinajstić information content (AvgIpc) is 2.82. The topological polar surface area (TPSA) is 79.5 Å². The van der Waals surface area contributed by atoms with Gasteiger partial charge in [-0.15, -0.1) is 12.4 Å². The van der Waals surface area contributed by atoms with E-state index in [1.54, 1.807) is 7.11 Å². The molecule has 0 spiro atoms. The molecule has 1 fully saturated rings. The van der Waals surface area contributed by atoms with Crippen LogP contribution in [0.4, 0.5) is 0 Å². The largest absolute Gasteiger partial charge is 0.383 e. The first kappa shape index (κ1) is 17.2. The number of carbonyl (C=O) groups excluding carboxylic acids is 2. The van der Waals surface area contributed by atoms with Crippen LogP contribution < -0.4 is 16.0 Å². The monoisotopic (exact) mass is 279 g/mol. The summed E-state index contributed by atoms with van der Waals surface area (Å²) in [5.41, 5.74) is 0. The first-order valence-corrected chi connectivity index (χ1v) is 6.00. The van der Waals surface area contributed by atoms with E-state index < -0.39 is 0 Å². The lowest BCUT2D eigenvalue weighted by atomic mass is 10.2. The Balaban J connectivity index is 0.00000289. The van der Waals surface area contributed by atoms with Crippen molar-refractivity contribution < 1.29 is 14.3 Å².